The van der Waals surface area contributed by atoms with Gasteiger partial charge in [-0.1, -0.05) is 6.07 Å². The van der Waals surface area contributed by atoms with Gasteiger partial charge < -0.3 is 15.7 Å². The van der Waals surface area contributed by atoms with Crippen molar-refractivity contribution in [2.45, 2.75) is 12.8 Å². The Morgan fingerprint density at radius 2 is 2.25 bits per heavy atom. The number of nitrogens with one attached hydrogen (secondary N) is 2. The lowest BCUT2D eigenvalue weighted by atomic mass is 10.2. The molecule has 0 spiro atoms. The molecule has 4 nitrogen and oxygen atoms in total. The summed E-state index contributed by atoms with van der Waals surface area (Å²) in [5, 5.41) is 15.3. The Bertz CT molecular complexity index is 369. The minimum atomic E-state index is -0.0938. The van der Waals surface area contributed by atoms with Crippen LogP contribution >= 0.6 is 15.9 Å². The summed E-state index contributed by atoms with van der Waals surface area (Å²) in [5.41, 5.74) is 0.434. The molecule has 88 valence electrons. The molecule has 0 saturated carbocycles. The van der Waals surface area contributed by atoms with Crippen LogP contribution in [0.5, 0.6) is 5.75 Å². The minimum Gasteiger partial charge on any atom is -0.505 e. The number of phenols is 1. The highest BCUT2D eigenvalue weighted by atomic mass is 79.9. The Hall–Kier alpha value is -1.07. The van der Waals surface area contributed by atoms with Gasteiger partial charge in [0.1, 0.15) is 0 Å². The Kier molecular flexibility index (Phi) is 5.28. The molecule has 16 heavy (non-hydrogen) atoms. The molecule has 0 heterocycles. The largest absolute Gasteiger partial charge is 0.505 e. The summed E-state index contributed by atoms with van der Waals surface area (Å²) in [6, 6.07) is 5.13. The van der Waals surface area contributed by atoms with Crippen molar-refractivity contribution in [3.63, 3.8) is 0 Å². The molecule has 1 aromatic rings. The van der Waals surface area contributed by atoms with Gasteiger partial charge in [-0.15, -0.1) is 0 Å². The Morgan fingerprint density at radius 1 is 1.50 bits per heavy atom. The van der Waals surface area contributed by atoms with Gasteiger partial charge in [0.2, 0.25) is 5.91 Å². The first kappa shape index (κ1) is 13.0. The van der Waals surface area contributed by atoms with Crippen molar-refractivity contribution < 1.29 is 9.90 Å². The van der Waals surface area contributed by atoms with Gasteiger partial charge in [0.15, 0.2) is 5.75 Å². The van der Waals surface area contributed by atoms with Crippen molar-refractivity contribution in [2.24, 2.45) is 0 Å². The number of hydrogen-bond donors (Lipinski definition) is 3. The lowest BCUT2D eigenvalue weighted by Crippen LogP contribution is -2.15. The Morgan fingerprint density at radius 3 is 2.94 bits per heavy atom. The molecule has 1 amide bonds. The van der Waals surface area contributed by atoms with E-state index in [1.54, 1.807) is 18.2 Å². The minimum absolute atomic E-state index is 0.0597. The zero-order chi connectivity index (χ0) is 12.0. The second kappa shape index (κ2) is 6.50. The quantitative estimate of drug-likeness (QED) is 0.574. The van der Waals surface area contributed by atoms with E-state index in [9.17, 15) is 9.90 Å². The fourth-order valence-corrected chi connectivity index (χ4v) is 1.62. The van der Waals surface area contributed by atoms with E-state index in [1.165, 1.54) is 0 Å². The van der Waals surface area contributed by atoms with Crippen LogP contribution in [0.1, 0.15) is 12.8 Å². The van der Waals surface area contributed by atoms with Gasteiger partial charge in [-0.2, -0.15) is 0 Å². The molecule has 3 N–H and O–H groups in total. The van der Waals surface area contributed by atoms with Gasteiger partial charge in [0.25, 0.3) is 0 Å². The first-order valence-corrected chi connectivity index (χ1v) is 5.86. The maximum atomic E-state index is 11.5. The fourth-order valence-electron chi connectivity index (χ4n) is 1.25. The van der Waals surface area contributed by atoms with Gasteiger partial charge in [-0.25, -0.2) is 0 Å². The number of benzene rings is 1. The summed E-state index contributed by atoms with van der Waals surface area (Å²) >= 11 is 3.19. The van der Waals surface area contributed by atoms with E-state index in [0.717, 1.165) is 13.0 Å². The molecule has 0 bridgehead atoms. The predicted octanol–water partition coefficient (Wildman–Crippen LogP) is 2.09. The first-order chi connectivity index (χ1) is 7.65. The second-order valence-corrected chi connectivity index (χ2v) is 4.25. The average Bonchev–Trinajstić information content (AvgIpc) is 2.25. The number of rotatable bonds is 5. The fraction of sp³-hybridized carbons (Fsp3) is 0.364. The molecule has 0 unspecified atom stereocenters. The highest BCUT2D eigenvalue weighted by Gasteiger charge is 2.07. The Labute approximate surface area is 103 Å². The number of anilines is 1. The summed E-state index contributed by atoms with van der Waals surface area (Å²) in [6.07, 6.45) is 1.21. The number of carbonyl (C=O) groups excluding carboxylic acids is 1. The molecule has 0 atom stereocenters. The molecule has 0 aliphatic heterocycles. The van der Waals surface area contributed by atoms with Crippen molar-refractivity contribution in [3.05, 3.63) is 22.7 Å². The number of carbonyl (C=O) groups is 1. The van der Waals surface area contributed by atoms with Gasteiger partial charge in [-0.3, -0.25) is 4.79 Å². The van der Waals surface area contributed by atoms with E-state index in [2.05, 4.69) is 26.6 Å². The first-order valence-electron chi connectivity index (χ1n) is 5.07. The molecule has 0 fully saturated rings. The van der Waals surface area contributed by atoms with Crippen LogP contribution in [0.3, 0.4) is 0 Å². The third-order valence-corrected chi connectivity index (χ3v) is 2.73. The highest BCUT2D eigenvalue weighted by molar-refractivity contribution is 9.10. The molecule has 1 rings (SSSR count). The van der Waals surface area contributed by atoms with Crippen LogP contribution in [0, 0.1) is 0 Å². The maximum absolute atomic E-state index is 11.5. The number of hydrogen-bond acceptors (Lipinski definition) is 3. The molecule has 0 aliphatic rings. The molecule has 5 heteroatoms. The van der Waals surface area contributed by atoms with E-state index in [0.29, 0.717) is 16.6 Å². The zero-order valence-corrected chi connectivity index (χ0v) is 10.7. The lowest BCUT2D eigenvalue weighted by Gasteiger charge is -2.08. The summed E-state index contributed by atoms with van der Waals surface area (Å²) < 4.78 is 0.570. The predicted molar refractivity (Wildman–Crippen MR) is 67.6 cm³/mol. The summed E-state index contributed by atoms with van der Waals surface area (Å²) in [6.45, 7) is 0.803. The normalized spacial score (nSPS) is 10.1. The summed E-state index contributed by atoms with van der Waals surface area (Å²) in [4.78, 5) is 11.5. The molecule has 0 aliphatic carbocycles. The van der Waals surface area contributed by atoms with Crippen LogP contribution in [-0.4, -0.2) is 24.6 Å². The van der Waals surface area contributed by atoms with Crippen LogP contribution in [-0.2, 0) is 4.79 Å². The second-order valence-electron chi connectivity index (χ2n) is 3.39. The molecule has 1 aromatic carbocycles. The van der Waals surface area contributed by atoms with Crippen LogP contribution < -0.4 is 10.6 Å². The number of phenolic OH excluding ortho intramolecular Hbond substituents is 1. The lowest BCUT2D eigenvalue weighted by molar-refractivity contribution is -0.116. The molecule has 0 aromatic heterocycles. The van der Waals surface area contributed by atoms with E-state index in [-0.39, 0.29) is 11.7 Å². The Balaban J connectivity index is 2.53. The van der Waals surface area contributed by atoms with Crippen LogP contribution in [0.2, 0.25) is 0 Å². The van der Waals surface area contributed by atoms with Crippen LogP contribution in [0.15, 0.2) is 22.7 Å². The number of aromatic hydroxyl groups is 1. The molecule has 0 saturated heterocycles. The van der Waals surface area contributed by atoms with Gasteiger partial charge >= 0.3 is 0 Å². The van der Waals surface area contributed by atoms with E-state index in [4.69, 9.17) is 0 Å². The number of halogens is 1. The average molecular weight is 287 g/mol. The maximum Gasteiger partial charge on any atom is 0.224 e. The third kappa shape index (κ3) is 3.83. The molecular formula is C11H15BrN2O2. The van der Waals surface area contributed by atoms with Crippen molar-refractivity contribution in [1.29, 1.82) is 0 Å². The smallest absolute Gasteiger partial charge is 0.224 e. The summed E-state index contributed by atoms with van der Waals surface area (Å²) in [5.74, 6) is -0.0342. The highest BCUT2D eigenvalue weighted by Crippen LogP contribution is 2.31. The van der Waals surface area contributed by atoms with Crippen LogP contribution in [0.4, 0.5) is 5.69 Å². The van der Waals surface area contributed by atoms with E-state index < -0.39 is 0 Å². The number of amides is 1. The molecule has 0 radical (unpaired) electrons. The van der Waals surface area contributed by atoms with Crippen molar-refractivity contribution in [3.8, 4) is 5.75 Å². The summed E-state index contributed by atoms with van der Waals surface area (Å²) in [7, 11) is 1.85. The monoisotopic (exact) mass is 286 g/mol. The van der Waals surface area contributed by atoms with Crippen molar-refractivity contribution in [2.75, 3.05) is 18.9 Å². The molecular weight excluding hydrogens is 272 g/mol. The van der Waals surface area contributed by atoms with Gasteiger partial charge in [0.05, 0.1) is 10.2 Å². The van der Waals surface area contributed by atoms with Gasteiger partial charge in [-0.05, 0) is 48.1 Å². The van der Waals surface area contributed by atoms with Crippen molar-refractivity contribution >= 4 is 27.5 Å². The van der Waals surface area contributed by atoms with E-state index in [1.807, 2.05) is 7.05 Å². The standard InChI is InChI=1S/C11H15BrN2O2/c1-13-7-3-6-10(15)14-9-5-2-4-8(12)11(9)16/h2,4-5,13,16H,3,6-7H2,1H3,(H,14,15). The van der Waals surface area contributed by atoms with Gasteiger partial charge in [0, 0.05) is 6.42 Å². The SMILES string of the molecule is CNCCCC(=O)Nc1cccc(Br)c1O. The topological polar surface area (TPSA) is 61.4 Å². The number of para-hydroxylation sites is 1. The van der Waals surface area contributed by atoms with Crippen molar-refractivity contribution in [1.82, 2.24) is 5.32 Å². The van der Waals surface area contributed by atoms with E-state index >= 15 is 0 Å². The zero-order valence-electron chi connectivity index (χ0n) is 9.09. The third-order valence-electron chi connectivity index (χ3n) is 2.09. The van der Waals surface area contributed by atoms with Crippen LogP contribution in [0.25, 0.3) is 0 Å².